The van der Waals surface area contributed by atoms with Crippen molar-refractivity contribution in [3.8, 4) is 0 Å². The molecule has 4 rings (SSSR count). The fourth-order valence-corrected chi connectivity index (χ4v) is 3.29. The molecule has 0 atom stereocenters. The van der Waals surface area contributed by atoms with Crippen molar-refractivity contribution >= 4 is 34.2 Å². The fourth-order valence-electron chi connectivity index (χ4n) is 3.10. The number of benzene rings is 1. The minimum absolute atomic E-state index is 0.0269. The van der Waals surface area contributed by atoms with E-state index in [2.05, 4.69) is 15.3 Å². The third kappa shape index (κ3) is 3.99. The fraction of sp³-hybridized carbons (Fsp3) is 0.0952. The molecule has 4 aromatic rings. The highest BCUT2D eigenvalue weighted by molar-refractivity contribution is 6.30. The molecule has 3 aromatic heterocycles. The Morgan fingerprint density at radius 2 is 1.80 bits per heavy atom. The standard InChI is InChI=1S/C21H16ClN5O3/c22-14-5-3-7-15(11-14)25-18(28)13-26-17-8-4-10-24-19(17)20(29)27(21(26)30)12-16-6-1-2-9-23-16/h1-11H,12-13H2,(H,25,28). The van der Waals surface area contributed by atoms with Gasteiger partial charge in [0.25, 0.3) is 5.56 Å². The number of hydrogen-bond acceptors (Lipinski definition) is 5. The smallest absolute Gasteiger partial charge is 0.324 e. The van der Waals surface area contributed by atoms with E-state index in [9.17, 15) is 14.4 Å². The minimum Gasteiger partial charge on any atom is -0.324 e. The lowest BCUT2D eigenvalue weighted by Gasteiger charge is -2.13. The Morgan fingerprint density at radius 3 is 2.57 bits per heavy atom. The molecule has 0 fully saturated rings. The maximum atomic E-state index is 13.1. The second kappa shape index (κ2) is 8.30. The maximum Gasteiger partial charge on any atom is 0.332 e. The number of anilines is 1. The third-order valence-corrected chi connectivity index (χ3v) is 4.68. The summed E-state index contributed by atoms with van der Waals surface area (Å²) < 4.78 is 2.26. The molecule has 0 spiro atoms. The number of carbonyl (C=O) groups excluding carboxylic acids is 1. The molecule has 0 bridgehead atoms. The summed E-state index contributed by atoms with van der Waals surface area (Å²) in [6, 6.07) is 15.1. The Balaban J connectivity index is 1.76. The van der Waals surface area contributed by atoms with Crippen LogP contribution in [0.4, 0.5) is 5.69 Å². The number of hydrogen-bond donors (Lipinski definition) is 1. The van der Waals surface area contributed by atoms with Gasteiger partial charge in [-0.2, -0.15) is 0 Å². The zero-order valence-electron chi connectivity index (χ0n) is 15.7. The summed E-state index contributed by atoms with van der Waals surface area (Å²) in [6.07, 6.45) is 3.05. The van der Waals surface area contributed by atoms with Crippen molar-refractivity contribution in [2.45, 2.75) is 13.1 Å². The van der Waals surface area contributed by atoms with Crippen molar-refractivity contribution in [2.75, 3.05) is 5.32 Å². The van der Waals surface area contributed by atoms with Crippen LogP contribution < -0.4 is 16.6 Å². The molecule has 0 radical (unpaired) electrons. The second-order valence-electron chi connectivity index (χ2n) is 6.51. The van der Waals surface area contributed by atoms with Gasteiger partial charge in [0.05, 0.1) is 17.8 Å². The molecular formula is C21H16ClN5O3. The lowest BCUT2D eigenvalue weighted by Crippen LogP contribution is -2.42. The minimum atomic E-state index is -0.618. The first kappa shape index (κ1) is 19.5. The normalized spacial score (nSPS) is 10.8. The van der Waals surface area contributed by atoms with Crippen LogP contribution in [0.2, 0.25) is 5.02 Å². The van der Waals surface area contributed by atoms with Gasteiger partial charge >= 0.3 is 5.69 Å². The summed E-state index contributed by atoms with van der Waals surface area (Å²) in [5, 5.41) is 3.18. The van der Waals surface area contributed by atoms with Crippen LogP contribution in [0.25, 0.3) is 11.0 Å². The molecule has 3 heterocycles. The van der Waals surface area contributed by atoms with Gasteiger partial charge in [-0.1, -0.05) is 23.7 Å². The Kier molecular flexibility index (Phi) is 5.40. The number of aromatic nitrogens is 4. The van der Waals surface area contributed by atoms with E-state index in [1.165, 1.54) is 10.8 Å². The SMILES string of the molecule is O=C(Cn1c(=O)n(Cc2ccccn2)c(=O)c2ncccc21)Nc1cccc(Cl)c1. The molecule has 0 saturated heterocycles. The van der Waals surface area contributed by atoms with Crippen molar-refractivity contribution in [3.05, 3.63) is 98.5 Å². The predicted octanol–water partition coefficient (Wildman–Crippen LogP) is 2.29. The van der Waals surface area contributed by atoms with Gasteiger partial charge in [0.2, 0.25) is 5.91 Å². The van der Waals surface area contributed by atoms with Crippen molar-refractivity contribution in [1.29, 1.82) is 0 Å². The Labute approximate surface area is 175 Å². The number of carbonyl (C=O) groups is 1. The topological polar surface area (TPSA) is 98.9 Å². The van der Waals surface area contributed by atoms with E-state index >= 15 is 0 Å². The van der Waals surface area contributed by atoms with Crippen LogP contribution in [0.5, 0.6) is 0 Å². The number of nitrogens with zero attached hydrogens (tertiary/aromatic N) is 4. The van der Waals surface area contributed by atoms with Crippen LogP contribution in [0, 0.1) is 0 Å². The Hall–Kier alpha value is -3.78. The van der Waals surface area contributed by atoms with Gasteiger partial charge in [-0.15, -0.1) is 0 Å². The average molecular weight is 422 g/mol. The molecule has 8 nitrogen and oxygen atoms in total. The average Bonchev–Trinajstić information content (AvgIpc) is 2.75. The molecule has 0 unspecified atom stereocenters. The van der Waals surface area contributed by atoms with Crippen LogP contribution in [0.3, 0.4) is 0 Å². The molecule has 150 valence electrons. The van der Waals surface area contributed by atoms with Crippen LogP contribution in [0.1, 0.15) is 5.69 Å². The first-order valence-corrected chi connectivity index (χ1v) is 9.44. The van der Waals surface area contributed by atoms with Gasteiger partial charge in [0, 0.05) is 23.1 Å². The molecule has 1 amide bonds. The van der Waals surface area contributed by atoms with Crippen LogP contribution in [-0.2, 0) is 17.9 Å². The van der Waals surface area contributed by atoms with E-state index < -0.39 is 17.2 Å². The predicted molar refractivity (Wildman–Crippen MR) is 114 cm³/mol. The highest BCUT2D eigenvalue weighted by atomic mass is 35.5. The van der Waals surface area contributed by atoms with Gasteiger partial charge in [0.15, 0.2) is 5.52 Å². The lowest BCUT2D eigenvalue weighted by atomic mass is 10.3. The van der Waals surface area contributed by atoms with Crippen molar-refractivity contribution < 1.29 is 4.79 Å². The largest absolute Gasteiger partial charge is 0.332 e. The lowest BCUT2D eigenvalue weighted by molar-refractivity contribution is -0.116. The monoisotopic (exact) mass is 421 g/mol. The molecule has 0 aliphatic heterocycles. The van der Waals surface area contributed by atoms with E-state index in [1.54, 1.807) is 60.8 Å². The summed E-state index contributed by atoms with van der Waals surface area (Å²) in [4.78, 5) is 46.9. The van der Waals surface area contributed by atoms with Gasteiger partial charge in [0.1, 0.15) is 6.54 Å². The third-order valence-electron chi connectivity index (χ3n) is 4.44. The Morgan fingerprint density at radius 1 is 0.967 bits per heavy atom. The molecule has 9 heteroatoms. The van der Waals surface area contributed by atoms with Gasteiger partial charge in [-0.25, -0.2) is 9.78 Å². The quantitative estimate of drug-likeness (QED) is 0.533. The van der Waals surface area contributed by atoms with E-state index in [4.69, 9.17) is 11.6 Å². The van der Waals surface area contributed by atoms with Gasteiger partial charge in [-0.05, 0) is 42.5 Å². The molecule has 0 saturated carbocycles. The number of rotatable bonds is 5. The first-order valence-electron chi connectivity index (χ1n) is 9.06. The number of fused-ring (bicyclic) bond motifs is 1. The summed E-state index contributed by atoms with van der Waals surface area (Å²) in [7, 11) is 0. The van der Waals surface area contributed by atoms with E-state index in [0.29, 0.717) is 16.4 Å². The summed E-state index contributed by atoms with van der Waals surface area (Å²) >= 11 is 5.95. The van der Waals surface area contributed by atoms with Crippen LogP contribution in [0.15, 0.2) is 76.6 Å². The molecular weight excluding hydrogens is 406 g/mol. The van der Waals surface area contributed by atoms with E-state index in [-0.39, 0.29) is 24.1 Å². The highest BCUT2D eigenvalue weighted by Crippen LogP contribution is 2.15. The van der Waals surface area contributed by atoms with Crippen molar-refractivity contribution in [2.24, 2.45) is 0 Å². The number of amides is 1. The zero-order chi connectivity index (χ0) is 21.1. The summed E-state index contributed by atoms with van der Waals surface area (Å²) in [5.74, 6) is -0.437. The second-order valence-corrected chi connectivity index (χ2v) is 6.95. The molecule has 30 heavy (non-hydrogen) atoms. The zero-order valence-corrected chi connectivity index (χ0v) is 16.4. The van der Waals surface area contributed by atoms with E-state index in [1.807, 2.05) is 0 Å². The maximum absolute atomic E-state index is 13.1. The molecule has 0 aliphatic rings. The number of pyridine rings is 2. The molecule has 0 aliphatic carbocycles. The van der Waals surface area contributed by atoms with E-state index in [0.717, 1.165) is 4.57 Å². The molecule has 1 N–H and O–H groups in total. The first-order chi connectivity index (χ1) is 14.5. The van der Waals surface area contributed by atoms with Crippen molar-refractivity contribution in [3.63, 3.8) is 0 Å². The van der Waals surface area contributed by atoms with Crippen LogP contribution >= 0.6 is 11.6 Å². The number of halogens is 1. The van der Waals surface area contributed by atoms with Crippen molar-refractivity contribution in [1.82, 2.24) is 19.1 Å². The Bertz CT molecular complexity index is 1350. The highest BCUT2D eigenvalue weighted by Gasteiger charge is 2.17. The summed E-state index contributed by atoms with van der Waals surface area (Å²) in [5.41, 5.74) is 0.279. The summed E-state index contributed by atoms with van der Waals surface area (Å²) in [6.45, 7) is -0.322. The van der Waals surface area contributed by atoms with Crippen LogP contribution in [-0.4, -0.2) is 25.0 Å². The molecule has 1 aromatic carbocycles. The van der Waals surface area contributed by atoms with Gasteiger partial charge < -0.3 is 5.32 Å². The number of nitrogens with one attached hydrogen (secondary N) is 1. The van der Waals surface area contributed by atoms with Gasteiger partial charge in [-0.3, -0.25) is 23.7 Å².